The summed E-state index contributed by atoms with van der Waals surface area (Å²) in [7, 11) is 0. The Morgan fingerprint density at radius 3 is 2.65 bits per heavy atom. The summed E-state index contributed by atoms with van der Waals surface area (Å²) < 4.78 is 13.8. The summed E-state index contributed by atoms with van der Waals surface area (Å²) in [4.78, 5) is 20.3. The second-order valence-electron chi connectivity index (χ2n) is 10.9. The number of ether oxygens (including phenoxy) is 2. The predicted octanol–water partition coefficient (Wildman–Crippen LogP) is 6.67. The Kier molecular flexibility index (Phi) is 7.39. The van der Waals surface area contributed by atoms with Crippen LogP contribution in [0.1, 0.15) is 59.9 Å². The summed E-state index contributed by atoms with van der Waals surface area (Å²) in [6.45, 7) is 8.44. The summed E-state index contributed by atoms with van der Waals surface area (Å²) in [6.07, 6.45) is 6.44. The molecule has 1 saturated heterocycles. The van der Waals surface area contributed by atoms with Gasteiger partial charge in [-0.25, -0.2) is 9.67 Å². The Morgan fingerprint density at radius 1 is 1.02 bits per heavy atom. The molecule has 2 aromatic heterocycles. The van der Waals surface area contributed by atoms with E-state index in [1.165, 1.54) is 15.9 Å². The van der Waals surface area contributed by atoms with Crippen LogP contribution in [0, 0.1) is 20.8 Å². The number of hydrogen-bond donors (Lipinski definition) is 0. The van der Waals surface area contributed by atoms with E-state index < -0.39 is 0 Å². The molecule has 2 aliphatic rings. The lowest BCUT2D eigenvalue weighted by atomic mass is 9.96. The van der Waals surface area contributed by atoms with Gasteiger partial charge in [-0.1, -0.05) is 36.4 Å². The van der Waals surface area contributed by atoms with Crippen LogP contribution in [0.5, 0.6) is 11.6 Å². The normalized spacial score (nSPS) is 17.0. The zero-order valence-electron chi connectivity index (χ0n) is 23.5. The Bertz CT molecular complexity index is 1580. The Morgan fingerprint density at radius 2 is 1.88 bits per heavy atom. The van der Waals surface area contributed by atoms with Gasteiger partial charge < -0.3 is 14.4 Å². The van der Waals surface area contributed by atoms with Gasteiger partial charge in [-0.3, -0.25) is 4.79 Å². The standard InChI is InChI=1S/C33H36N4O3/c1-22-20-26(14-15-27(22)31-23(2)33(38)37(35-24(31)3)30-13-7-8-19-39-30)40-32-28-12-9-18-36(29(28)16-17-34-32)21-25-10-5-4-6-11-25/h4-6,10-11,14-17,20,30H,7-9,12-13,18-19,21H2,1-3H3. The Labute approximate surface area is 235 Å². The van der Waals surface area contributed by atoms with E-state index >= 15 is 0 Å². The molecule has 2 aromatic carbocycles. The molecule has 4 aromatic rings. The number of pyridine rings is 1. The third kappa shape index (κ3) is 5.13. The molecule has 7 nitrogen and oxygen atoms in total. The molecule has 0 saturated carbocycles. The minimum Gasteiger partial charge on any atom is -0.439 e. The Hall–Kier alpha value is -3.97. The molecule has 1 unspecified atom stereocenters. The molecule has 6 rings (SSSR count). The van der Waals surface area contributed by atoms with Gasteiger partial charge >= 0.3 is 0 Å². The fourth-order valence-electron chi connectivity index (χ4n) is 6.03. The molecular weight excluding hydrogens is 500 g/mol. The van der Waals surface area contributed by atoms with Crippen molar-refractivity contribution < 1.29 is 9.47 Å². The summed E-state index contributed by atoms with van der Waals surface area (Å²) in [5.41, 5.74) is 7.94. The van der Waals surface area contributed by atoms with Gasteiger partial charge in [0.25, 0.3) is 5.56 Å². The van der Waals surface area contributed by atoms with Crippen molar-refractivity contribution in [1.82, 2.24) is 14.8 Å². The molecule has 7 heteroatoms. The number of rotatable bonds is 6. The first-order chi connectivity index (χ1) is 19.5. The second kappa shape index (κ2) is 11.3. The SMILES string of the molecule is Cc1cc(Oc2nccc3c2CCCN3Cc2ccccc2)ccc1-c1c(C)nn(C2CCCCO2)c(=O)c1C. The molecule has 2 aliphatic heterocycles. The predicted molar refractivity (Wildman–Crippen MR) is 157 cm³/mol. The molecule has 0 spiro atoms. The fraction of sp³-hybridized carbons (Fsp3) is 0.364. The van der Waals surface area contributed by atoms with Crippen LogP contribution in [0.25, 0.3) is 11.1 Å². The van der Waals surface area contributed by atoms with Crippen LogP contribution in [-0.4, -0.2) is 27.9 Å². The van der Waals surface area contributed by atoms with Gasteiger partial charge in [0.05, 0.1) is 5.69 Å². The first-order valence-corrected chi connectivity index (χ1v) is 14.3. The number of nitrogens with zero attached hydrogens (tertiary/aromatic N) is 4. The van der Waals surface area contributed by atoms with Crippen LogP contribution in [0.15, 0.2) is 65.6 Å². The van der Waals surface area contributed by atoms with Crippen LogP contribution < -0.4 is 15.2 Å². The van der Waals surface area contributed by atoms with Crippen molar-refractivity contribution in [3.63, 3.8) is 0 Å². The molecule has 0 N–H and O–H groups in total. The van der Waals surface area contributed by atoms with E-state index in [4.69, 9.17) is 9.47 Å². The molecule has 1 atom stereocenters. The molecule has 40 heavy (non-hydrogen) atoms. The summed E-state index contributed by atoms with van der Waals surface area (Å²) in [6, 6.07) is 18.7. The molecule has 1 fully saturated rings. The average molecular weight is 537 g/mol. The third-order valence-corrected chi connectivity index (χ3v) is 8.04. The van der Waals surface area contributed by atoms with Gasteiger partial charge in [0.1, 0.15) is 5.75 Å². The maximum atomic E-state index is 13.3. The lowest BCUT2D eigenvalue weighted by molar-refractivity contribution is -0.0428. The summed E-state index contributed by atoms with van der Waals surface area (Å²) in [5.74, 6) is 1.39. The molecule has 0 aliphatic carbocycles. The smallest absolute Gasteiger partial charge is 0.272 e. The van der Waals surface area contributed by atoms with Gasteiger partial charge in [0.15, 0.2) is 6.23 Å². The summed E-state index contributed by atoms with van der Waals surface area (Å²) in [5, 5.41) is 4.68. The fourth-order valence-corrected chi connectivity index (χ4v) is 6.03. The minimum atomic E-state index is -0.280. The molecule has 4 heterocycles. The third-order valence-electron chi connectivity index (χ3n) is 8.04. The zero-order valence-corrected chi connectivity index (χ0v) is 23.5. The molecule has 0 radical (unpaired) electrons. The van der Waals surface area contributed by atoms with E-state index in [2.05, 4.69) is 51.4 Å². The van der Waals surface area contributed by atoms with Crippen molar-refractivity contribution in [2.45, 2.75) is 65.6 Å². The maximum Gasteiger partial charge on any atom is 0.272 e. The zero-order chi connectivity index (χ0) is 27.6. The Balaban J connectivity index is 1.27. The quantitative estimate of drug-likeness (QED) is 0.274. The van der Waals surface area contributed by atoms with Gasteiger partial charge in [0.2, 0.25) is 5.88 Å². The summed E-state index contributed by atoms with van der Waals surface area (Å²) >= 11 is 0. The van der Waals surface area contributed by atoms with Gasteiger partial charge in [-0.15, -0.1) is 0 Å². The molecule has 0 amide bonds. The largest absolute Gasteiger partial charge is 0.439 e. The van der Waals surface area contributed by atoms with Gasteiger partial charge in [-0.05, 0) is 87.8 Å². The minimum absolute atomic E-state index is 0.0904. The number of benzene rings is 2. The number of anilines is 1. The van der Waals surface area contributed by atoms with Crippen LogP contribution in [0.4, 0.5) is 5.69 Å². The van der Waals surface area contributed by atoms with Crippen LogP contribution in [-0.2, 0) is 17.7 Å². The van der Waals surface area contributed by atoms with Gasteiger partial charge in [-0.2, -0.15) is 5.10 Å². The first-order valence-electron chi connectivity index (χ1n) is 14.3. The van der Waals surface area contributed by atoms with Crippen molar-refractivity contribution in [2.75, 3.05) is 18.1 Å². The highest BCUT2D eigenvalue weighted by Gasteiger charge is 2.24. The van der Waals surface area contributed by atoms with E-state index in [1.807, 2.05) is 45.2 Å². The van der Waals surface area contributed by atoms with Crippen LogP contribution >= 0.6 is 0 Å². The van der Waals surface area contributed by atoms with Crippen molar-refractivity contribution >= 4 is 5.69 Å². The highest BCUT2D eigenvalue weighted by atomic mass is 16.5. The van der Waals surface area contributed by atoms with Crippen molar-refractivity contribution in [3.8, 4) is 22.8 Å². The monoisotopic (exact) mass is 536 g/mol. The lowest BCUT2D eigenvalue weighted by Gasteiger charge is -2.32. The van der Waals surface area contributed by atoms with E-state index in [0.29, 0.717) is 18.1 Å². The van der Waals surface area contributed by atoms with E-state index in [-0.39, 0.29) is 11.8 Å². The van der Waals surface area contributed by atoms with Gasteiger partial charge in [0, 0.05) is 48.3 Å². The molecular formula is C33H36N4O3. The number of hydrogen-bond acceptors (Lipinski definition) is 6. The molecule has 206 valence electrons. The van der Waals surface area contributed by atoms with Crippen molar-refractivity contribution in [1.29, 1.82) is 0 Å². The lowest BCUT2D eigenvalue weighted by Crippen LogP contribution is -2.33. The van der Waals surface area contributed by atoms with Crippen LogP contribution in [0.2, 0.25) is 0 Å². The topological polar surface area (TPSA) is 69.5 Å². The average Bonchev–Trinajstić information content (AvgIpc) is 2.97. The maximum absolute atomic E-state index is 13.3. The molecule has 0 bridgehead atoms. The van der Waals surface area contributed by atoms with E-state index in [0.717, 1.165) is 78.9 Å². The number of fused-ring (bicyclic) bond motifs is 1. The van der Waals surface area contributed by atoms with E-state index in [9.17, 15) is 4.79 Å². The highest BCUT2D eigenvalue weighted by molar-refractivity contribution is 5.73. The number of aryl methyl sites for hydroxylation is 2. The first kappa shape index (κ1) is 26.3. The number of aromatic nitrogens is 3. The van der Waals surface area contributed by atoms with Crippen LogP contribution in [0.3, 0.4) is 0 Å². The highest BCUT2D eigenvalue weighted by Crippen LogP contribution is 2.37. The second-order valence-corrected chi connectivity index (χ2v) is 10.9. The van der Waals surface area contributed by atoms with E-state index in [1.54, 1.807) is 0 Å². The van der Waals surface area contributed by atoms with Crippen molar-refractivity contribution in [3.05, 3.63) is 99.1 Å². The van der Waals surface area contributed by atoms with Crippen molar-refractivity contribution in [2.24, 2.45) is 0 Å².